The van der Waals surface area contributed by atoms with E-state index >= 15 is 0 Å². The van der Waals surface area contributed by atoms with E-state index in [1.807, 2.05) is 12.4 Å². The highest BCUT2D eigenvalue weighted by atomic mass is 16.2. The first-order valence-electron chi connectivity index (χ1n) is 13.0. The summed E-state index contributed by atoms with van der Waals surface area (Å²) in [6.07, 6.45) is 14.3. The van der Waals surface area contributed by atoms with Gasteiger partial charge in [-0.1, -0.05) is 55.7 Å². The molecule has 2 amide bonds. The number of urea groups is 1. The minimum atomic E-state index is 0.177. The van der Waals surface area contributed by atoms with E-state index in [2.05, 4.69) is 72.7 Å². The van der Waals surface area contributed by atoms with Crippen LogP contribution in [-0.2, 0) is 6.54 Å². The molecule has 1 unspecified atom stereocenters. The van der Waals surface area contributed by atoms with Crippen molar-refractivity contribution in [1.82, 2.24) is 24.1 Å². The minimum Gasteiger partial charge on any atom is -0.319 e. The zero-order valence-corrected chi connectivity index (χ0v) is 19.9. The second-order valence-corrected chi connectivity index (χ2v) is 10.3. The lowest BCUT2D eigenvalue weighted by Crippen LogP contribution is -2.48. The van der Waals surface area contributed by atoms with Crippen molar-refractivity contribution in [1.29, 1.82) is 0 Å². The molecule has 1 atom stereocenters. The van der Waals surface area contributed by atoms with Crippen molar-refractivity contribution >= 4 is 11.7 Å². The second-order valence-electron chi connectivity index (χ2n) is 10.3. The number of fused-ring (bicyclic) bond motifs is 1. The van der Waals surface area contributed by atoms with Gasteiger partial charge in [0.05, 0.1) is 6.04 Å². The third-order valence-electron chi connectivity index (χ3n) is 8.18. The highest BCUT2D eigenvalue weighted by molar-refractivity contribution is 5.78. The number of pyridine rings is 1. The number of amides is 2. The molecule has 0 bridgehead atoms. The summed E-state index contributed by atoms with van der Waals surface area (Å²) < 4.78 is 2.09. The SMILES string of the molecule is O=C1N(C2CCCCC2)CC(c2ccccc2)N1C1CCN(Cc2ccc3nccn3c2)CC1. The fourth-order valence-corrected chi connectivity index (χ4v) is 6.36. The summed E-state index contributed by atoms with van der Waals surface area (Å²) in [5.74, 6) is 0. The number of hydrogen-bond acceptors (Lipinski definition) is 3. The Morgan fingerprint density at radius 2 is 1.68 bits per heavy atom. The average Bonchev–Trinajstić information content (AvgIpc) is 3.50. The maximum absolute atomic E-state index is 13.8. The summed E-state index contributed by atoms with van der Waals surface area (Å²) in [5, 5.41) is 0. The number of likely N-dealkylation sites (tertiary alicyclic amines) is 1. The smallest absolute Gasteiger partial charge is 0.319 e. The standard InChI is InChI=1S/C28H35N5O/c34-28-32(24-9-5-2-6-10-24)21-26(23-7-3-1-4-8-23)33(28)25-13-16-30(17-14-25)19-22-11-12-27-29-15-18-31(27)20-22/h1,3-4,7-8,11-12,15,18,20,24-26H,2,5-6,9-10,13-14,16-17,19,21H2. The number of imidazole rings is 1. The molecule has 3 aromatic rings. The van der Waals surface area contributed by atoms with E-state index in [0.717, 1.165) is 44.7 Å². The molecule has 2 aliphatic heterocycles. The first-order valence-corrected chi connectivity index (χ1v) is 13.0. The monoisotopic (exact) mass is 457 g/mol. The van der Waals surface area contributed by atoms with Crippen LogP contribution in [0.15, 0.2) is 61.1 Å². The van der Waals surface area contributed by atoms with Crippen molar-refractivity contribution in [2.45, 2.75) is 69.6 Å². The summed E-state index contributed by atoms with van der Waals surface area (Å²) in [6.45, 7) is 3.85. The predicted octanol–water partition coefficient (Wildman–Crippen LogP) is 5.11. The molecule has 1 aliphatic carbocycles. The molecule has 34 heavy (non-hydrogen) atoms. The average molecular weight is 458 g/mol. The number of hydrogen-bond donors (Lipinski definition) is 0. The van der Waals surface area contributed by atoms with E-state index in [0.29, 0.717) is 12.1 Å². The lowest BCUT2D eigenvalue weighted by Gasteiger charge is -2.39. The van der Waals surface area contributed by atoms with E-state index in [1.54, 1.807) is 0 Å². The van der Waals surface area contributed by atoms with Gasteiger partial charge in [0.1, 0.15) is 5.65 Å². The molecule has 3 fully saturated rings. The Morgan fingerprint density at radius 3 is 2.47 bits per heavy atom. The van der Waals surface area contributed by atoms with Crippen LogP contribution in [0.1, 0.15) is 62.1 Å². The van der Waals surface area contributed by atoms with E-state index in [4.69, 9.17) is 0 Å². The lowest BCUT2D eigenvalue weighted by molar-refractivity contribution is 0.106. The highest BCUT2D eigenvalue weighted by Crippen LogP contribution is 2.38. The van der Waals surface area contributed by atoms with Crippen molar-refractivity contribution in [2.75, 3.05) is 19.6 Å². The van der Waals surface area contributed by atoms with Crippen LogP contribution in [-0.4, -0.2) is 61.8 Å². The second kappa shape index (κ2) is 9.41. The Bertz CT molecular complexity index is 1110. The largest absolute Gasteiger partial charge is 0.321 e. The van der Waals surface area contributed by atoms with Gasteiger partial charge in [0, 0.05) is 56.9 Å². The van der Waals surface area contributed by atoms with Crippen LogP contribution in [0.5, 0.6) is 0 Å². The zero-order chi connectivity index (χ0) is 22.9. The molecular formula is C28H35N5O. The van der Waals surface area contributed by atoms with Crippen LogP contribution in [0.2, 0.25) is 0 Å². The first kappa shape index (κ1) is 21.7. The molecule has 6 rings (SSSR count). The van der Waals surface area contributed by atoms with E-state index in [-0.39, 0.29) is 12.1 Å². The summed E-state index contributed by atoms with van der Waals surface area (Å²) >= 11 is 0. The maximum Gasteiger partial charge on any atom is 0.321 e. The summed E-state index contributed by atoms with van der Waals surface area (Å²) in [5.41, 5.74) is 3.58. The number of carbonyl (C=O) groups excluding carboxylic acids is 1. The molecule has 0 N–H and O–H groups in total. The molecule has 2 saturated heterocycles. The Morgan fingerprint density at radius 1 is 0.882 bits per heavy atom. The van der Waals surface area contributed by atoms with Crippen LogP contribution in [0, 0.1) is 0 Å². The van der Waals surface area contributed by atoms with Gasteiger partial charge in [-0.05, 0) is 42.9 Å². The molecule has 4 heterocycles. The third-order valence-corrected chi connectivity index (χ3v) is 8.18. The minimum absolute atomic E-state index is 0.177. The van der Waals surface area contributed by atoms with Crippen LogP contribution in [0.3, 0.4) is 0 Å². The lowest BCUT2D eigenvalue weighted by atomic mass is 9.94. The number of nitrogens with zero attached hydrogens (tertiary/aromatic N) is 5. The Labute approximate surface area is 202 Å². The van der Waals surface area contributed by atoms with Crippen molar-refractivity contribution in [2.24, 2.45) is 0 Å². The molecule has 0 radical (unpaired) electrons. The summed E-state index contributed by atoms with van der Waals surface area (Å²) in [4.78, 5) is 25.2. The normalized spacial score (nSPS) is 23.3. The van der Waals surface area contributed by atoms with Crippen molar-refractivity contribution in [3.8, 4) is 0 Å². The summed E-state index contributed by atoms with van der Waals surface area (Å²) in [7, 11) is 0. The molecule has 3 aliphatic rings. The number of piperidine rings is 1. The molecule has 1 aromatic carbocycles. The molecule has 1 saturated carbocycles. The topological polar surface area (TPSA) is 44.1 Å². The van der Waals surface area contributed by atoms with Crippen LogP contribution >= 0.6 is 0 Å². The van der Waals surface area contributed by atoms with Crippen LogP contribution in [0.4, 0.5) is 4.79 Å². The van der Waals surface area contributed by atoms with E-state index < -0.39 is 0 Å². The number of rotatable bonds is 5. The van der Waals surface area contributed by atoms with Gasteiger partial charge in [-0.25, -0.2) is 9.78 Å². The van der Waals surface area contributed by atoms with Gasteiger partial charge >= 0.3 is 6.03 Å². The van der Waals surface area contributed by atoms with Crippen molar-refractivity contribution in [3.05, 3.63) is 72.2 Å². The Hall–Kier alpha value is -2.86. The number of carbonyl (C=O) groups is 1. The zero-order valence-electron chi connectivity index (χ0n) is 19.9. The van der Waals surface area contributed by atoms with Gasteiger partial charge < -0.3 is 14.2 Å². The van der Waals surface area contributed by atoms with Gasteiger partial charge in [0.25, 0.3) is 0 Å². The van der Waals surface area contributed by atoms with Crippen LogP contribution < -0.4 is 0 Å². The van der Waals surface area contributed by atoms with Gasteiger partial charge in [-0.2, -0.15) is 0 Å². The van der Waals surface area contributed by atoms with Gasteiger partial charge in [0.2, 0.25) is 0 Å². The van der Waals surface area contributed by atoms with Crippen molar-refractivity contribution in [3.63, 3.8) is 0 Å². The number of benzene rings is 1. The number of aromatic nitrogens is 2. The highest BCUT2D eigenvalue weighted by Gasteiger charge is 2.45. The summed E-state index contributed by atoms with van der Waals surface area (Å²) in [6, 6.07) is 16.2. The third kappa shape index (κ3) is 4.20. The molecular weight excluding hydrogens is 422 g/mol. The maximum atomic E-state index is 13.8. The Balaban J connectivity index is 1.16. The van der Waals surface area contributed by atoms with E-state index in [1.165, 1.54) is 43.2 Å². The Kier molecular flexibility index (Phi) is 6.00. The molecule has 2 aromatic heterocycles. The molecule has 178 valence electrons. The quantitative estimate of drug-likeness (QED) is 0.535. The van der Waals surface area contributed by atoms with Gasteiger partial charge in [0.15, 0.2) is 0 Å². The van der Waals surface area contributed by atoms with Gasteiger partial charge in [-0.3, -0.25) is 4.90 Å². The van der Waals surface area contributed by atoms with Crippen LogP contribution in [0.25, 0.3) is 5.65 Å². The first-order chi connectivity index (χ1) is 16.8. The molecule has 6 heteroatoms. The van der Waals surface area contributed by atoms with Crippen molar-refractivity contribution < 1.29 is 4.79 Å². The predicted molar refractivity (Wildman–Crippen MR) is 133 cm³/mol. The fourth-order valence-electron chi connectivity index (χ4n) is 6.36. The molecule has 0 spiro atoms. The molecule has 6 nitrogen and oxygen atoms in total. The van der Waals surface area contributed by atoms with E-state index in [9.17, 15) is 4.79 Å². The fraction of sp³-hybridized carbons (Fsp3) is 0.500. The van der Waals surface area contributed by atoms with Gasteiger partial charge in [-0.15, -0.1) is 0 Å².